The molecule has 0 aromatic rings. The summed E-state index contributed by atoms with van der Waals surface area (Å²) in [5.41, 5.74) is 0.189. The van der Waals surface area contributed by atoms with Gasteiger partial charge in [-0.25, -0.2) is 0 Å². The third kappa shape index (κ3) is 2.77. The first kappa shape index (κ1) is 12.4. The number of piperidine rings is 2. The minimum Gasteiger partial charge on any atom is -0.468 e. The summed E-state index contributed by atoms with van der Waals surface area (Å²) in [5.74, 6) is -0.233. The summed E-state index contributed by atoms with van der Waals surface area (Å²) in [6.45, 7) is 2.80. The molecule has 0 saturated carbocycles. The van der Waals surface area contributed by atoms with Crippen molar-refractivity contribution in [2.45, 2.75) is 25.7 Å². The van der Waals surface area contributed by atoms with Crippen molar-refractivity contribution in [2.75, 3.05) is 33.3 Å². The van der Waals surface area contributed by atoms with Crippen molar-refractivity contribution < 1.29 is 14.3 Å². The van der Waals surface area contributed by atoms with Crippen LogP contribution >= 0.6 is 0 Å². The lowest BCUT2D eigenvalue weighted by Gasteiger charge is -2.43. The van der Waals surface area contributed by atoms with Crippen molar-refractivity contribution in [3.8, 4) is 0 Å². The maximum absolute atomic E-state index is 12.0. The molecular weight excluding hydrogens is 220 g/mol. The van der Waals surface area contributed by atoms with Gasteiger partial charge in [-0.15, -0.1) is 0 Å². The fraction of sp³-hybridized carbons (Fsp3) is 0.833. The third-order valence-electron chi connectivity index (χ3n) is 4.00. The Bertz CT molecular complexity index is 311. The number of ether oxygens (including phenoxy) is 1. The fourth-order valence-electron chi connectivity index (χ4n) is 2.79. The molecule has 0 atom stereocenters. The molecule has 5 heteroatoms. The third-order valence-corrected chi connectivity index (χ3v) is 4.00. The second-order valence-electron chi connectivity index (χ2n) is 5.07. The molecule has 0 aliphatic carbocycles. The van der Waals surface area contributed by atoms with Crippen LogP contribution in [0.4, 0.5) is 0 Å². The molecule has 2 fully saturated rings. The summed E-state index contributed by atoms with van der Waals surface area (Å²) < 4.78 is 4.60. The zero-order chi connectivity index (χ0) is 12.3. The molecule has 2 aliphatic rings. The predicted molar refractivity (Wildman–Crippen MR) is 62.4 cm³/mol. The number of carbonyl (C=O) groups excluding carboxylic acids is 2. The Morgan fingerprint density at radius 1 is 1.41 bits per heavy atom. The number of carbonyl (C=O) groups is 2. The Labute approximate surface area is 101 Å². The molecule has 1 N–H and O–H groups in total. The van der Waals surface area contributed by atoms with Crippen LogP contribution in [0.1, 0.15) is 25.7 Å². The molecule has 0 aromatic heterocycles. The van der Waals surface area contributed by atoms with Crippen LogP contribution in [0.3, 0.4) is 0 Å². The normalized spacial score (nSPS) is 23.8. The van der Waals surface area contributed by atoms with Crippen molar-refractivity contribution in [1.29, 1.82) is 0 Å². The van der Waals surface area contributed by atoms with Crippen LogP contribution in [0.5, 0.6) is 0 Å². The molecule has 17 heavy (non-hydrogen) atoms. The van der Waals surface area contributed by atoms with E-state index in [1.165, 1.54) is 7.11 Å². The van der Waals surface area contributed by atoms with Gasteiger partial charge in [0.15, 0.2) is 0 Å². The Kier molecular flexibility index (Phi) is 3.66. The molecule has 0 aromatic carbocycles. The summed E-state index contributed by atoms with van der Waals surface area (Å²) in [6.07, 6.45) is 3.75. The SMILES string of the molecule is COC(=O)CN1CCC2(CCNCC2)CC1=O. The largest absolute Gasteiger partial charge is 0.468 e. The first-order valence-electron chi connectivity index (χ1n) is 6.21. The standard InChI is InChI=1S/C12H20N2O3/c1-17-11(16)9-14-7-4-12(8-10(14)15)2-5-13-6-3-12/h13H,2-9H2,1H3. The lowest BCUT2D eigenvalue weighted by Crippen LogP contribution is -2.49. The van der Waals surface area contributed by atoms with Crippen LogP contribution in [0.2, 0.25) is 0 Å². The van der Waals surface area contributed by atoms with Crippen LogP contribution in [0.15, 0.2) is 0 Å². The number of likely N-dealkylation sites (tertiary alicyclic amines) is 1. The lowest BCUT2D eigenvalue weighted by molar-refractivity contribution is -0.150. The molecule has 2 saturated heterocycles. The van der Waals surface area contributed by atoms with Gasteiger partial charge in [0, 0.05) is 13.0 Å². The van der Waals surface area contributed by atoms with Gasteiger partial charge in [-0.2, -0.15) is 0 Å². The Morgan fingerprint density at radius 3 is 2.71 bits per heavy atom. The highest BCUT2D eigenvalue weighted by atomic mass is 16.5. The second-order valence-corrected chi connectivity index (χ2v) is 5.07. The van der Waals surface area contributed by atoms with E-state index in [4.69, 9.17) is 0 Å². The number of amides is 1. The molecule has 5 nitrogen and oxygen atoms in total. The van der Waals surface area contributed by atoms with Gasteiger partial charge >= 0.3 is 5.97 Å². The van der Waals surface area contributed by atoms with Gasteiger partial charge in [0.05, 0.1) is 7.11 Å². The summed E-state index contributed by atoms with van der Waals surface area (Å²) in [5, 5.41) is 3.32. The minimum atomic E-state index is -0.334. The van der Waals surface area contributed by atoms with Gasteiger partial charge in [0.1, 0.15) is 6.54 Å². The number of hydrogen-bond acceptors (Lipinski definition) is 4. The zero-order valence-electron chi connectivity index (χ0n) is 10.3. The van der Waals surface area contributed by atoms with E-state index in [1.807, 2.05) is 0 Å². The van der Waals surface area contributed by atoms with E-state index >= 15 is 0 Å². The molecule has 1 amide bonds. The average molecular weight is 240 g/mol. The Morgan fingerprint density at radius 2 is 2.12 bits per heavy atom. The smallest absolute Gasteiger partial charge is 0.325 e. The minimum absolute atomic E-state index is 0.101. The zero-order valence-corrected chi connectivity index (χ0v) is 10.3. The monoisotopic (exact) mass is 240 g/mol. The number of rotatable bonds is 2. The average Bonchev–Trinajstić information content (AvgIpc) is 2.34. The molecule has 0 bridgehead atoms. The summed E-state index contributed by atoms with van der Waals surface area (Å²) in [6, 6.07) is 0. The number of nitrogens with zero attached hydrogens (tertiary/aromatic N) is 1. The van der Waals surface area contributed by atoms with E-state index in [2.05, 4.69) is 10.1 Å². The van der Waals surface area contributed by atoms with Crippen LogP contribution in [-0.4, -0.2) is 50.1 Å². The summed E-state index contributed by atoms with van der Waals surface area (Å²) >= 11 is 0. The van der Waals surface area contributed by atoms with Crippen LogP contribution in [-0.2, 0) is 14.3 Å². The molecule has 96 valence electrons. The molecule has 0 unspecified atom stereocenters. The molecule has 2 aliphatic heterocycles. The molecule has 1 spiro atoms. The van der Waals surface area contributed by atoms with Crippen LogP contribution < -0.4 is 5.32 Å². The highest BCUT2D eigenvalue weighted by Gasteiger charge is 2.39. The van der Waals surface area contributed by atoms with Crippen LogP contribution in [0, 0.1) is 5.41 Å². The maximum atomic E-state index is 12.0. The van der Waals surface area contributed by atoms with Crippen molar-refractivity contribution in [3.63, 3.8) is 0 Å². The van der Waals surface area contributed by atoms with E-state index in [0.29, 0.717) is 13.0 Å². The fourth-order valence-corrected chi connectivity index (χ4v) is 2.79. The molecule has 2 rings (SSSR count). The van der Waals surface area contributed by atoms with Gasteiger partial charge < -0.3 is 15.0 Å². The van der Waals surface area contributed by atoms with Gasteiger partial charge in [-0.1, -0.05) is 0 Å². The summed E-state index contributed by atoms with van der Waals surface area (Å²) in [4.78, 5) is 24.8. The highest BCUT2D eigenvalue weighted by Crippen LogP contribution is 2.39. The topological polar surface area (TPSA) is 58.6 Å². The predicted octanol–water partition coefficient (Wildman–Crippen LogP) is 0.152. The Hall–Kier alpha value is -1.10. The van der Waals surface area contributed by atoms with Crippen molar-refractivity contribution in [3.05, 3.63) is 0 Å². The molecule has 2 heterocycles. The van der Waals surface area contributed by atoms with Crippen LogP contribution in [0.25, 0.3) is 0 Å². The summed E-state index contributed by atoms with van der Waals surface area (Å²) in [7, 11) is 1.35. The van der Waals surface area contributed by atoms with E-state index in [-0.39, 0.29) is 23.8 Å². The van der Waals surface area contributed by atoms with Gasteiger partial charge in [0.2, 0.25) is 5.91 Å². The molecular formula is C12H20N2O3. The van der Waals surface area contributed by atoms with Gasteiger partial charge in [-0.3, -0.25) is 9.59 Å². The van der Waals surface area contributed by atoms with Crippen molar-refractivity contribution in [2.24, 2.45) is 5.41 Å². The van der Waals surface area contributed by atoms with Crippen molar-refractivity contribution >= 4 is 11.9 Å². The number of nitrogens with one attached hydrogen (secondary N) is 1. The van der Waals surface area contributed by atoms with E-state index in [1.54, 1.807) is 4.90 Å². The second kappa shape index (κ2) is 5.04. The first-order chi connectivity index (χ1) is 8.15. The highest BCUT2D eigenvalue weighted by molar-refractivity contribution is 5.83. The van der Waals surface area contributed by atoms with E-state index < -0.39 is 0 Å². The quantitative estimate of drug-likeness (QED) is 0.698. The first-order valence-corrected chi connectivity index (χ1v) is 6.21. The Balaban J connectivity index is 1.92. The maximum Gasteiger partial charge on any atom is 0.325 e. The lowest BCUT2D eigenvalue weighted by atomic mass is 9.71. The number of esters is 1. The molecule has 0 radical (unpaired) electrons. The van der Waals surface area contributed by atoms with E-state index in [0.717, 1.165) is 32.4 Å². The number of hydrogen-bond donors (Lipinski definition) is 1. The van der Waals surface area contributed by atoms with E-state index in [9.17, 15) is 9.59 Å². The number of methoxy groups -OCH3 is 1. The van der Waals surface area contributed by atoms with Gasteiger partial charge in [-0.05, 0) is 37.8 Å². The van der Waals surface area contributed by atoms with Crippen molar-refractivity contribution in [1.82, 2.24) is 10.2 Å². The van der Waals surface area contributed by atoms with Gasteiger partial charge in [0.25, 0.3) is 0 Å².